The Morgan fingerprint density at radius 3 is 2.73 bits per heavy atom. The molecule has 3 nitrogen and oxygen atoms in total. The molecule has 1 rings (SSSR count). The summed E-state index contributed by atoms with van der Waals surface area (Å²) in [4.78, 5) is 0. The lowest BCUT2D eigenvalue weighted by Gasteiger charge is -2.32. The van der Waals surface area contributed by atoms with Crippen molar-refractivity contribution >= 4 is 0 Å². The van der Waals surface area contributed by atoms with Crippen LogP contribution in [0.1, 0.15) is 39.5 Å². The van der Waals surface area contributed by atoms with E-state index in [0.717, 1.165) is 24.7 Å². The van der Waals surface area contributed by atoms with Crippen LogP contribution < -0.4 is 5.73 Å². The van der Waals surface area contributed by atoms with E-state index >= 15 is 0 Å². The second-order valence-corrected chi connectivity index (χ2v) is 4.78. The molecule has 0 saturated heterocycles. The number of nitrogens with zero attached hydrogens (tertiary/aromatic N) is 1. The minimum atomic E-state index is -0.370. The van der Waals surface area contributed by atoms with Gasteiger partial charge in [-0.15, -0.1) is 0 Å². The normalized spacial score (nSPS) is 33.3. The quantitative estimate of drug-likeness (QED) is 0.772. The average Bonchev–Trinajstić information content (AvgIpc) is 2.23. The summed E-state index contributed by atoms with van der Waals surface area (Å²) < 4.78 is 5.74. The lowest BCUT2D eigenvalue weighted by atomic mass is 9.80. The molecule has 0 heterocycles. The first kappa shape index (κ1) is 12.5. The average molecular weight is 210 g/mol. The fourth-order valence-corrected chi connectivity index (χ4v) is 2.08. The van der Waals surface area contributed by atoms with E-state index in [1.54, 1.807) is 0 Å². The molecule has 1 aliphatic rings. The molecule has 15 heavy (non-hydrogen) atoms. The molecule has 0 aliphatic heterocycles. The lowest BCUT2D eigenvalue weighted by molar-refractivity contribution is 0.00109. The van der Waals surface area contributed by atoms with E-state index in [2.05, 4.69) is 13.8 Å². The van der Waals surface area contributed by atoms with E-state index in [4.69, 9.17) is 15.7 Å². The summed E-state index contributed by atoms with van der Waals surface area (Å²) in [6, 6.07) is 1.65. The van der Waals surface area contributed by atoms with E-state index in [0.29, 0.717) is 19.1 Å². The van der Waals surface area contributed by atoms with Crippen molar-refractivity contribution in [2.45, 2.75) is 51.7 Å². The van der Waals surface area contributed by atoms with Crippen LogP contribution in [0.15, 0.2) is 0 Å². The van der Waals surface area contributed by atoms with Crippen molar-refractivity contribution < 1.29 is 4.74 Å². The minimum Gasteiger partial charge on any atom is -0.378 e. The number of hydrogen-bond donors (Lipinski definition) is 1. The summed E-state index contributed by atoms with van der Waals surface area (Å²) in [5.74, 6) is 1.58. The number of nitrogens with two attached hydrogens (primary N) is 1. The van der Waals surface area contributed by atoms with Crippen LogP contribution in [0.2, 0.25) is 0 Å². The van der Waals surface area contributed by atoms with Gasteiger partial charge in [-0.1, -0.05) is 13.8 Å². The van der Waals surface area contributed by atoms with E-state index < -0.39 is 0 Å². The predicted molar refractivity (Wildman–Crippen MR) is 60.1 cm³/mol. The van der Waals surface area contributed by atoms with Gasteiger partial charge in [0.1, 0.15) is 0 Å². The van der Waals surface area contributed by atoms with E-state index in [1.807, 2.05) is 6.07 Å². The molecule has 0 aromatic carbocycles. The molecule has 0 amide bonds. The van der Waals surface area contributed by atoms with Gasteiger partial charge in [-0.05, 0) is 37.5 Å². The Bertz CT molecular complexity index is 224. The van der Waals surface area contributed by atoms with Gasteiger partial charge in [-0.25, -0.2) is 0 Å². The Morgan fingerprint density at radius 2 is 2.13 bits per heavy atom. The third kappa shape index (κ3) is 4.19. The summed E-state index contributed by atoms with van der Waals surface area (Å²) in [5.41, 5.74) is 5.50. The molecular weight excluding hydrogens is 188 g/mol. The highest BCUT2D eigenvalue weighted by Crippen LogP contribution is 2.30. The summed E-state index contributed by atoms with van der Waals surface area (Å²) in [6.45, 7) is 5.23. The summed E-state index contributed by atoms with van der Waals surface area (Å²) >= 11 is 0. The molecule has 0 aromatic heterocycles. The van der Waals surface area contributed by atoms with Crippen LogP contribution in [0.5, 0.6) is 0 Å². The van der Waals surface area contributed by atoms with Crippen molar-refractivity contribution in [3.63, 3.8) is 0 Å². The fourth-order valence-electron chi connectivity index (χ4n) is 2.08. The van der Waals surface area contributed by atoms with Crippen LogP contribution >= 0.6 is 0 Å². The van der Waals surface area contributed by atoms with Gasteiger partial charge < -0.3 is 10.5 Å². The Kier molecular flexibility index (Phi) is 5.07. The number of nitriles is 1. The Morgan fingerprint density at radius 1 is 1.40 bits per heavy atom. The Hall–Kier alpha value is -0.590. The third-order valence-electron chi connectivity index (χ3n) is 3.50. The zero-order valence-corrected chi connectivity index (χ0v) is 9.78. The molecule has 1 saturated carbocycles. The molecule has 1 aliphatic carbocycles. The van der Waals surface area contributed by atoms with E-state index in [1.165, 1.54) is 6.42 Å². The molecule has 4 unspecified atom stereocenters. The van der Waals surface area contributed by atoms with Crippen LogP contribution in [0.3, 0.4) is 0 Å². The molecule has 0 spiro atoms. The highest BCUT2D eigenvalue weighted by Gasteiger charge is 2.24. The SMILES string of the molecule is CC1CCC(OCCC(N)C#N)CC1C. The highest BCUT2D eigenvalue weighted by atomic mass is 16.5. The van der Waals surface area contributed by atoms with Crippen molar-refractivity contribution in [2.75, 3.05) is 6.61 Å². The number of rotatable bonds is 4. The van der Waals surface area contributed by atoms with Crippen molar-refractivity contribution in [1.82, 2.24) is 0 Å². The fraction of sp³-hybridized carbons (Fsp3) is 0.917. The first-order valence-corrected chi connectivity index (χ1v) is 5.90. The van der Waals surface area contributed by atoms with Crippen molar-refractivity contribution in [3.8, 4) is 6.07 Å². The topological polar surface area (TPSA) is 59.0 Å². The zero-order chi connectivity index (χ0) is 11.3. The Balaban J connectivity index is 2.15. The predicted octanol–water partition coefficient (Wildman–Crippen LogP) is 2.07. The van der Waals surface area contributed by atoms with E-state index in [9.17, 15) is 0 Å². The van der Waals surface area contributed by atoms with Gasteiger partial charge in [0, 0.05) is 6.61 Å². The maximum Gasteiger partial charge on any atom is 0.0950 e. The molecule has 3 heteroatoms. The van der Waals surface area contributed by atoms with Crippen LogP contribution in [0.25, 0.3) is 0 Å². The van der Waals surface area contributed by atoms with Crippen molar-refractivity contribution in [2.24, 2.45) is 17.6 Å². The van der Waals surface area contributed by atoms with Crippen LogP contribution in [0, 0.1) is 23.2 Å². The molecule has 0 aromatic rings. The molecule has 0 radical (unpaired) electrons. The molecule has 86 valence electrons. The van der Waals surface area contributed by atoms with Crippen LogP contribution in [-0.2, 0) is 4.74 Å². The van der Waals surface area contributed by atoms with Crippen LogP contribution in [0.4, 0.5) is 0 Å². The van der Waals surface area contributed by atoms with Gasteiger partial charge in [0.15, 0.2) is 0 Å². The van der Waals surface area contributed by atoms with Gasteiger partial charge in [-0.3, -0.25) is 0 Å². The summed E-state index contributed by atoms with van der Waals surface area (Å²) in [5, 5.41) is 8.52. The maximum atomic E-state index is 8.52. The van der Waals surface area contributed by atoms with E-state index in [-0.39, 0.29) is 6.04 Å². The van der Waals surface area contributed by atoms with Crippen molar-refractivity contribution in [1.29, 1.82) is 5.26 Å². The number of ether oxygens (including phenoxy) is 1. The second kappa shape index (κ2) is 6.09. The number of hydrogen-bond acceptors (Lipinski definition) is 3. The second-order valence-electron chi connectivity index (χ2n) is 4.78. The first-order chi connectivity index (χ1) is 7.13. The van der Waals surface area contributed by atoms with Gasteiger partial charge in [-0.2, -0.15) is 5.26 Å². The molecule has 1 fully saturated rings. The summed E-state index contributed by atoms with van der Waals surface area (Å²) in [6.07, 6.45) is 4.62. The highest BCUT2D eigenvalue weighted by molar-refractivity contribution is 4.86. The maximum absolute atomic E-state index is 8.52. The van der Waals surface area contributed by atoms with Gasteiger partial charge in [0.05, 0.1) is 18.2 Å². The first-order valence-electron chi connectivity index (χ1n) is 5.90. The minimum absolute atomic E-state index is 0.370. The zero-order valence-electron chi connectivity index (χ0n) is 9.78. The Labute approximate surface area is 92.6 Å². The molecule has 2 N–H and O–H groups in total. The third-order valence-corrected chi connectivity index (χ3v) is 3.50. The summed E-state index contributed by atoms with van der Waals surface area (Å²) in [7, 11) is 0. The van der Waals surface area contributed by atoms with Gasteiger partial charge >= 0.3 is 0 Å². The lowest BCUT2D eigenvalue weighted by Crippen LogP contribution is -2.28. The smallest absolute Gasteiger partial charge is 0.0950 e. The van der Waals surface area contributed by atoms with Crippen molar-refractivity contribution in [3.05, 3.63) is 0 Å². The van der Waals surface area contributed by atoms with Crippen LogP contribution in [-0.4, -0.2) is 18.8 Å². The monoisotopic (exact) mass is 210 g/mol. The molecule has 4 atom stereocenters. The largest absolute Gasteiger partial charge is 0.378 e. The van der Waals surface area contributed by atoms with Gasteiger partial charge in [0.25, 0.3) is 0 Å². The molecule has 0 bridgehead atoms. The van der Waals surface area contributed by atoms with Gasteiger partial charge in [0.2, 0.25) is 0 Å². The molecular formula is C12H22N2O. The standard InChI is InChI=1S/C12H22N2O/c1-9-3-4-12(7-10(9)2)15-6-5-11(14)8-13/h9-12H,3-7,14H2,1-2H3.